The molecule has 0 saturated carbocycles. The first-order valence-electron chi connectivity index (χ1n) is 4.99. The minimum atomic E-state index is -0.917. The van der Waals surface area contributed by atoms with E-state index in [1.165, 1.54) is 24.3 Å². The van der Waals surface area contributed by atoms with E-state index in [9.17, 15) is 14.0 Å². The van der Waals surface area contributed by atoms with Crippen molar-refractivity contribution in [3.63, 3.8) is 0 Å². The maximum Gasteiger partial charge on any atom is 0.303 e. The summed E-state index contributed by atoms with van der Waals surface area (Å²) >= 11 is 0. The van der Waals surface area contributed by atoms with Gasteiger partial charge in [-0.15, -0.1) is 0 Å². The number of Topliss-reactive ketones (excluding diaryl/α,β-unsaturated/α-hetero) is 1. The Morgan fingerprint density at radius 2 is 1.81 bits per heavy atom. The van der Waals surface area contributed by atoms with Crippen molar-refractivity contribution in [1.29, 1.82) is 0 Å². The highest BCUT2D eigenvalue weighted by molar-refractivity contribution is 5.96. The zero-order valence-corrected chi connectivity index (χ0v) is 8.94. The minimum absolute atomic E-state index is 0.0348. The SMILES string of the molecule is C[C@@H](CC(=O)O)CC(=O)c1ccc(F)cc1. The molecule has 1 aromatic rings. The lowest BCUT2D eigenvalue weighted by Gasteiger charge is -2.07. The van der Waals surface area contributed by atoms with Gasteiger partial charge in [-0.3, -0.25) is 9.59 Å². The average Bonchev–Trinajstić information content (AvgIpc) is 2.16. The Kier molecular flexibility index (Phi) is 4.17. The molecular formula is C12H13FO3. The lowest BCUT2D eigenvalue weighted by Crippen LogP contribution is -2.10. The van der Waals surface area contributed by atoms with Crippen molar-refractivity contribution in [3.05, 3.63) is 35.6 Å². The Balaban J connectivity index is 2.58. The molecule has 0 fully saturated rings. The van der Waals surface area contributed by atoms with Gasteiger partial charge in [0, 0.05) is 18.4 Å². The molecule has 1 N–H and O–H groups in total. The molecule has 0 aromatic heterocycles. The molecule has 86 valence electrons. The smallest absolute Gasteiger partial charge is 0.303 e. The third-order valence-corrected chi connectivity index (χ3v) is 2.22. The molecule has 0 radical (unpaired) electrons. The second-order valence-corrected chi connectivity index (χ2v) is 3.84. The minimum Gasteiger partial charge on any atom is -0.481 e. The van der Waals surface area contributed by atoms with Crippen LogP contribution in [0.3, 0.4) is 0 Å². The van der Waals surface area contributed by atoms with Crippen molar-refractivity contribution in [2.75, 3.05) is 0 Å². The van der Waals surface area contributed by atoms with Gasteiger partial charge in [0.15, 0.2) is 5.78 Å². The molecular weight excluding hydrogens is 211 g/mol. The third kappa shape index (κ3) is 3.81. The Morgan fingerprint density at radius 1 is 1.25 bits per heavy atom. The van der Waals surface area contributed by atoms with Crippen molar-refractivity contribution in [2.45, 2.75) is 19.8 Å². The number of carboxylic acid groups (broad SMARTS) is 1. The average molecular weight is 224 g/mol. The molecule has 16 heavy (non-hydrogen) atoms. The highest BCUT2D eigenvalue weighted by atomic mass is 19.1. The summed E-state index contributed by atoms with van der Waals surface area (Å²) in [7, 11) is 0. The van der Waals surface area contributed by atoms with E-state index in [2.05, 4.69) is 0 Å². The number of hydrogen-bond donors (Lipinski definition) is 1. The van der Waals surface area contributed by atoms with Gasteiger partial charge >= 0.3 is 5.97 Å². The third-order valence-electron chi connectivity index (χ3n) is 2.22. The maximum absolute atomic E-state index is 12.6. The van der Waals surface area contributed by atoms with E-state index in [0.29, 0.717) is 5.56 Å². The fraction of sp³-hybridized carbons (Fsp3) is 0.333. The standard InChI is InChI=1S/C12H13FO3/c1-8(7-12(15)16)6-11(14)9-2-4-10(13)5-3-9/h2-5,8H,6-7H2,1H3,(H,15,16)/t8-/m1/s1. The quantitative estimate of drug-likeness (QED) is 0.782. The Labute approximate surface area is 92.9 Å². The molecule has 0 aliphatic carbocycles. The van der Waals surface area contributed by atoms with Crippen molar-refractivity contribution in [1.82, 2.24) is 0 Å². The Hall–Kier alpha value is -1.71. The van der Waals surface area contributed by atoms with E-state index in [-0.39, 0.29) is 24.5 Å². The molecule has 0 bridgehead atoms. The van der Waals surface area contributed by atoms with Crippen LogP contribution >= 0.6 is 0 Å². The van der Waals surface area contributed by atoms with E-state index in [1.54, 1.807) is 6.92 Å². The Bertz CT molecular complexity index is 384. The summed E-state index contributed by atoms with van der Waals surface area (Å²) in [6.45, 7) is 1.70. The van der Waals surface area contributed by atoms with Gasteiger partial charge in [-0.1, -0.05) is 6.92 Å². The number of hydrogen-bond acceptors (Lipinski definition) is 2. The number of carboxylic acids is 1. The van der Waals surface area contributed by atoms with Crippen LogP contribution in [0.1, 0.15) is 30.1 Å². The summed E-state index contributed by atoms with van der Waals surface area (Å²) < 4.78 is 12.6. The van der Waals surface area contributed by atoms with Crippen molar-refractivity contribution >= 4 is 11.8 Å². The number of ketones is 1. The maximum atomic E-state index is 12.6. The summed E-state index contributed by atoms with van der Waals surface area (Å²) in [5, 5.41) is 8.54. The molecule has 0 aliphatic rings. The molecule has 0 amide bonds. The van der Waals surface area contributed by atoms with Crippen LogP contribution in [-0.2, 0) is 4.79 Å². The highest BCUT2D eigenvalue weighted by Gasteiger charge is 2.13. The summed E-state index contributed by atoms with van der Waals surface area (Å²) in [5.41, 5.74) is 0.415. The monoisotopic (exact) mass is 224 g/mol. The van der Waals surface area contributed by atoms with E-state index in [4.69, 9.17) is 5.11 Å². The lowest BCUT2D eigenvalue weighted by molar-refractivity contribution is -0.137. The highest BCUT2D eigenvalue weighted by Crippen LogP contribution is 2.13. The summed E-state index contributed by atoms with van der Waals surface area (Å²) in [6, 6.07) is 5.25. The van der Waals surface area contributed by atoms with Crippen LogP contribution in [0.15, 0.2) is 24.3 Å². The predicted molar refractivity (Wildman–Crippen MR) is 56.8 cm³/mol. The second-order valence-electron chi connectivity index (χ2n) is 3.84. The van der Waals surface area contributed by atoms with Crippen LogP contribution in [0.25, 0.3) is 0 Å². The predicted octanol–water partition coefficient (Wildman–Crippen LogP) is 2.51. The first kappa shape index (κ1) is 12.4. The van der Waals surface area contributed by atoms with Crippen molar-refractivity contribution < 1.29 is 19.1 Å². The first-order valence-corrected chi connectivity index (χ1v) is 4.99. The normalized spacial score (nSPS) is 12.1. The van der Waals surface area contributed by atoms with Crippen LogP contribution in [0, 0.1) is 11.7 Å². The number of benzene rings is 1. The van der Waals surface area contributed by atoms with Gasteiger partial charge in [-0.25, -0.2) is 4.39 Å². The van der Waals surface area contributed by atoms with Gasteiger partial charge in [-0.05, 0) is 30.2 Å². The zero-order chi connectivity index (χ0) is 12.1. The molecule has 4 heteroatoms. The second kappa shape index (κ2) is 5.39. The van der Waals surface area contributed by atoms with E-state index in [1.807, 2.05) is 0 Å². The largest absolute Gasteiger partial charge is 0.481 e. The van der Waals surface area contributed by atoms with E-state index < -0.39 is 11.8 Å². The topological polar surface area (TPSA) is 54.4 Å². The van der Waals surface area contributed by atoms with Crippen LogP contribution in [-0.4, -0.2) is 16.9 Å². The number of rotatable bonds is 5. The fourth-order valence-electron chi connectivity index (χ4n) is 1.44. The Morgan fingerprint density at radius 3 is 2.31 bits per heavy atom. The summed E-state index contributed by atoms with van der Waals surface area (Å²) in [4.78, 5) is 22.0. The van der Waals surface area contributed by atoms with E-state index >= 15 is 0 Å². The number of halogens is 1. The van der Waals surface area contributed by atoms with Crippen LogP contribution in [0.2, 0.25) is 0 Å². The number of carbonyl (C=O) groups is 2. The van der Waals surface area contributed by atoms with Gasteiger partial charge in [0.2, 0.25) is 0 Å². The molecule has 0 saturated heterocycles. The molecule has 0 spiro atoms. The van der Waals surface area contributed by atoms with Gasteiger partial charge in [0.25, 0.3) is 0 Å². The molecule has 1 rings (SSSR count). The van der Waals surface area contributed by atoms with E-state index in [0.717, 1.165) is 0 Å². The molecule has 0 unspecified atom stereocenters. The fourth-order valence-corrected chi connectivity index (χ4v) is 1.44. The van der Waals surface area contributed by atoms with Crippen molar-refractivity contribution in [2.24, 2.45) is 5.92 Å². The molecule has 1 atom stereocenters. The number of aliphatic carboxylic acids is 1. The van der Waals surface area contributed by atoms with Gasteiger partial charge in [0.05, 0.1) is 0 Å². The molecule has 0 heterocycles. The van der Waals surface area contributed by atoms with Gasteiger partial charge < -0.3 is 5.11 Å². The number of carbonyl (C=O) groups excluding carboxylic acids is 1. The molecule has 0 aliphatic heterocycles. The first-order chi connectivity index (χ1) is 7.49. The van der Waals surface area contributed by atoms with Crippen LogP contribution in [0.4, 0.5) is 4.39 Å². The zero-order valence-electron chi connectivity index (χ0n) is 8.94. The van der Waals surface area contributed by atoms with Gasteiger partial charge in [-0.2, -0.15) is 0 Å². The van der Waals surface area contributed by atoms with Gasteiger partial charge in [0.1, 0.15) is 5.82 Å². The summed E-state index contributed by atoms with van der Waals surface area (Å²) in [5.74, 6) is -1.68. The van der Waals surface area contributed by atoms with Crippen LogP contribution in [0.5, 0.6) is 0 Å². The summed E-state index contributed by atoms with van der Waals surface area (Å²) in [6.07, 6.45) is 0.130. The lowest BCUT2D eigenvalue weighted by atomic mass is 9.97. The molecule has 3 nitrogen and oxygen atoms in total. The van der Waals surface area contributed by atoms with Crippen LogP contribution < -0.4 is 0 Å². The molecule has 1 aromatic carbocycles. The van der Waals surface area contributed by atoms with Crippen molar-refractivity contribution in [3.8, 4) is 0 Å².